The molecule has 0 aliphatic carbocycles. The van der Waals surface area contributed by atoms with Crippen molar-refractivity contribution in [2.75, 3.05) is 6.61 Å². The second kappa shape index (κ2) is 5.75. The van der Waals surface area contributed by atoms with E-state index in [1.165, 1.54) is 0 Å². The van der Waals surface area contributed by atoms with Gasteiger partial charge in [0.1, 0.15) is 17.4 Å². The first kappa shape index (κ1) is 14.5. The number of carbonyl (C=O) groups excluding carboxylic acids is 1. The van der Waals surface area contributed by atoms with Gasteiger partial charge in [0.05, 0.1) is 18.2 Å². The number of hydrogen-bond acceptors (Lipinski definition) is 2. The number of hydrogen-bond donors (Lipinski definition) is 1. The molecule has 3 rings (SSSR count). The molecule has 1 aliphatic rings. The van der Waals surface area contributed by atoms with Gasteiger partial charge in [-0.15, -0.1) is 0 Å². The first-order valence-corrected chi connectivity index (χ1v) is 7.04. The highest BCUT2D eigenvalue weighted by Crippen LogP contribution is 2.32. The second-order valence-corrected chi connectivity index (χ2v) is 5.33. The molecule has 1 unspecified atom stereocenters. The molecule has 2 aromatic rings. The van der Waals surface area contributed by atoms with Crippen molar-refractivity contribution < 1.29 is 18.3 Å². The third-order valence-corrected chi connectivity index (χ3v) is 3.68. The molecule has 3 nitrogen and oxygen atoms in total. The fourth-order valence-electron chi connectivity index (χ4n) is 2.57. The molecule has 1 atom stereocenters. The van der Waals surface area contributed by atoms with Gasteiger partial charge in [-0.3, -0.25) is 4.79 Å². The summed E-state index contributed by atoms with van der Waals surface area (Å²) in [7, 11) is 0. The Labute approximate surface area is 126 Å². The molecule has 1 N–H and O–H groups in total. The Morgan fingerprint density at radius 3 is 2.86 bits per heavy atom. The SMILES string of the molecule is Cc1ccc2c(c1)C(NC(=O)c1cc(F)ccc1F)CCO2. The summed E-state index contributed by atoms with van der Waals surface area (Å²) in [5.74, 6) is -1.30. The summed E-state index contributed by atoms with van der Waals surface area (Å²) in [5.41, 5.74) is 1.61. The average Bonchev–Trinajstić information content (AvgIpc) is 2.50. The van der Waals surface area contributed by atoms with Crippen LogP contribution >= 0.6 is 0 Å². The van der Waals surface area contributed by atoms with E-state index in [0.29, 0.717) is 18.8 Å². The molecule has 2 aromatic carbocycles. The van der Waals surface area contributed by atoms with E-state index >= 15 is 0 Å². The summed E-state index contributed by atoms with van der Waals surface area (Å²) in [6.45, 7) is 2.41. The van der Waals surface area contributed by atoms with Crippen LogP contribution in [0.5, 0.6) is 5.75 Å². The van der Waals surface area contributed by atoms with Gasteiger partial charge in [-0.25, -0.2) is 8.78 Å². The van der Waals surface area contributed by atoms with Crippen LogP contribution in [0, 0.1) is 18.6 Å². The first-order chi connectivity index (χ1) is 10.5. The number of aryl methyl sites for hydroxylation is 1. The Morgan fingerprint density at radius 1 is 1.23 bits per heavy atom. The number of fused-ring (bicyclic) bond motifs is 1. The molecule has 0 aromatic heterocycles. The van der Waals surface area contributed by atoms with Crippen molar-refractivity contribution in [3.63, 3.8) is 0 Å². The van der Waals surface area contributed by atoms with Gasteiger partial charge >= 0.3 is 0 Å². The Kier molecular flexibility index (Phi) is 3.79. The zero-order chi connectivity index (χ0) is 15.7. The predicted octanol–water partition coefficient (Wildman–Crippen LogP) is 3.53. The summed E-state index contributed by atoms with van der Waals surface area (Å²) in [5, 5.41) is 2.76. The van der Waals surface area contributed by atoms with Crippen LogP contribution in [0.3, 0.4) is 0 Å². The zero-order valence-corrected chi connectivity index (χ0v) is 12.0. The third kappa shape index (κ3) is 2.79. The van der Waals surface area contributed by atoms with E-state index in [4.69, 9.17) is 4.74 Å². The molecule has 0 fully saturated rings. The van der Waals surface area contributed by atoms with Gasteiger partial charge in [0.15, 0.2) is 0 Å². The highest BCUT2D eigenvalue weighted by Gasteiger charge is 2.24. The van der Waals surface area contributed by atoms with Crippen LogP contribution in [-0.4, -0.2) is 12.5 Å². The van der Waals surface area contributed by atoms with Crippen molar-refractivity contribution in [2.45, 2.75) is 19.4 Å². The van der Waals surface area contributed by atoms with Crippen molar-refractivity contribution in [2.24, 2.45) is 0 Å². The minimum atomic E-state index is -0.740. The van der Waals surface area contributed by atoms with Crippen molar-refractivity contribution >= 4 is 5.91 Å². The first-order valence-electron chi connectivity index (χ1n) is 7.04. The molecule has 0 saturated carbocycles. The maximum atomic E-state index is 13.7. The summed E-state index contributed by atoms with van der Waals surface area (Å²) in [4.78, 5) is 12.2. The lowest BCUT2D eigenvalue weighted by Gasteiger charge is -2.27. The van der Waals surface area contributed by atoms with E-state index in [9.17, 15) is 13.6 Å². The van der Waals surface area contributed by atoms with E-state index in [1.807, 2.05) is 25.1 Å². The van der Waals surface area contributed by atoms with E-state index in [2.05, 4.69) is 5.32 Å². The van der Waals surface area contributed by atoms with Crippen LogP contribution in [-0.2, 0) is 0 Å². The summed E-state index contributed by atoms with van der Waals surface area (Å²) >= 11 is 0. The predicted molar refractivity (Wildman–Crippen MR) is 77.9 cm³/mol. The van der Waals surface area contributed by atoms with Crippen molar-refractivity contribution in [3.05, 3.63) is 64.7 Å². The monoisotopic (exact) mass is 303 g/mol. The number of carbonyl (C=O) groups is 1. The Bertz CT molecular complexity index is 731. The van der Waals surface area contributed by atoms with E-state index in [0.717, 1.165) is 29.3 Å². The maximum absolute atomic E-state index is 13.7. The molecular weight excluding hydrogens is 288 g/mol. The molecule has 1 amide bonds. The molecule has 0 saturated heterocycles. The third-order valence-electron chi connectivity index (χ3n) is 3.68. The normalized spacial score (nSPS) is 16.6. The molecule has 1 heterocycles. The standard InChI is InChI=1S/C17H15F2NO2/c1-10-2-5-16-13(8-10)15(6-7-22-16)20-17(21)12-9-11(18)3-4-14(12)19/h2-5,8-9,15H,6-7H2,1H3,(H,20,21). The molecule has 5 heteroatoms. The molecule has 1 aliphatic heterocycles. The van der Waals surface area contributed by atoms with Gasteiger partial charge in [0, 0.05) is 12.0 Å². The number of amides is 1. The topological polar surface area (TPSA) is 38.3 Å². The quantitative estimate of drug-likeness (QED) is 0.921. The van der Waals surface area contributed by atoms with Crippen LogP contribution in [0.15, 0.2) is 36.4 Å². The zero-order valence-electron chi connectivity index (χ0n) is 12.0. The van der Waals surface area contributed by atoms with Crippen molar-refractivity contribution in [1.29, 1.82) is 0 Å². The van der Waals surface area contributed by atoms with E-state index in [-0.39, 0.29) is 11.6 Å². The van der Waals surface area contributed by atoms with Crippen molar-refractivity contribution in [1.82, 2.24) is 5.32 Å². The summed E-state index contributed by atoms with van der Waals surface area (Å²) in [6.07, 6.45) is 0.582. The van der Waals surface area contributed by atoms with Gasteiger partial charge in [0.25, 0.3) is 5.91 Å². The van der Waals surface area contributed by atoms with Gasteiger partial charge < -0.3 is 10.1 Å². The molecule has 0 radical (unpaired) electrons. The molecule has 0 bridgehead atoms. The number of rotatable bonds is 2. The van der Waals surface area contributed by atoms with Gasteiger partial charge in [0.2, 0.25) is 0 Å². The molecule has 0 spiro atoms. The van der Waals surface area contributed by atoms with Gasteiger partial charge in [-0.1, -0.05) is 17.7 Å². The lowest BCUT2D eigenvalue weighted by Crippen LogP contribution is -2.32. The average molecular weight is 303 g/mol. The van der Waals surface area contributed by atoms with Gasteiger partial charge in [-0.05, 0) is 31.2 Å². The summed E-state index contributed by atoms with van der Waals surface area (Å²) < 4.78 is 32.4. The Balaban J connectivity index is 1.87. The van der Waals surface area contributed by atoms with Crippen LogP contribution in [0.1, 0.15) is 33.9 Å². The summed E-state index contributed by atoms with van der Waals surface area (Å²) in [6, 6.07) is 8.27. The van der Waals surface area contributed by atoms with Crippen LogP contribution < -0.4 is 10.1 Å². The molecule has 114 valence electrons. The maximum Gasteiger partial charge on any atom is 0.254 e. The van der Waals surface area contributed by atoms with Gasteiger partial charge in [-0.2, -0.15) is 0 Å². The minimum absolute atomic E-state index is 0.279. The smallest absolute Gasteiger partial charge is 0.254 e. The largest absolute Gasteiger partial charge is 0.493 e. The Morgan fingerprint density at radius 2 is 2.05 bits per heavy atom. The lowest BCUT2D eigenvalue weighted by molar-refractivity contribution is 0.0920. The van der Waals surface area contributed by atoms with Crippen LogP contribution in [0.2, 0.25) is 0 Å². The number of nitrogens with one attached hydrogen (secondary N) is 1. The highest BCUT2D eigenvalue weighted by molar-refractivity contribution is 5.94. The lowest BCUT2D eigenvalue weighted by atomic mass is 9.98. The van der Waals surface area contributed by atoms with Crippen LogP contribution in [0.4, 0.5) is 8.78 Å². The van der Waals surface area contributed by atoms with Crippen LogP contribution in [0.25, 0.3) is 0 Å². The molecular formula is C17H15F2NO2. The Hall–Kier alpha value is -2.43. The van der Waals surface area contributed by atoms with Crippen molar-refractivity contribution in [3.8, 4) is 5.75 Å². The fourth-order valence-corrected chi connectivity index (χ4v) is 2.57. The minimum Gasteiger partial charge on any atom is -0.493 e. The number of halogens is 2. The number of ether oxygens (including phenoxy) is 1. The fraction of sp³-hybridized carbons (Fsp3) is 0.235. The second-order valence-electron chi connectivity index (χ2n) is 5.33. The molecule has 22 heavy (non-hydrogen) atoms. The van der Waals surface area contributed by atoms with E-state index < -0.39 is 17.5 Å². The highest BCUT2D eigenvalue weighted by atomic mass is 19.1. The number of benzene rings is 2. The van der Waals surface area contributed by atoms with E-state index in [1.54, 1.807) is 0 Å².